The van der Waals surface area contributed by atoms with Crippen molar-refractivity contribution in [2.45, 2.75) is 20.4 Å². The second-order valence-electron chi connectivity index (χ2n) is 6.53. The highest BCUT2D eigenvalue weighted by Crippen LogP contribution is 2.25. The van der Waals surface area contributed by atoms with Crippen LogP contribution in [0.25, 0.3) is 28.6 Å². The number of nitrogens with zero attached hydrogens (tertiary/aromatic N) is 5. The van der Waals surface area contributed by atoms with Gasteiger partial charge in [0.2, 0.25) is 0 Å². The van der Waals surface area contributed by atoms with Crippen molar-refractivity contribution in [2.24, 2.45) is 0 Å². The largest absolute Gasteiger partial charge is 0.242 e. The van der Waals surface area contributed by atoms with Crippen molar-refractivity contribution in [1.82, 2.24) is 24.7 Å². The van der Waals surface area contributed by atoms with E-state index in [1.807, 2.05) is 38.1 Å². The molecule has 0 aliphatic rings. The molecule has 0 spiro atoms. The molecule has 0 unspecified atom stereocenters. The number of pyridine rings is 1. The van der Waals surface area contributed by atoms with Crippen LogP contribution in [0.5, 0.6) is 0 Å². The lowest BCUT2D eigenvalue weighted by molar-refractivity contribution is 0.589. The van der Waals surface area contributed by atoms with E-state index in [2.05, 4.69) is 20.1 Å². The molecule has 27 heavy (non-hydrogen) atoms. The number of fused-ring (bicyclic) bond motifs is 1. The molecule has 6 heteroatoms. The maximum absolute atomic E-state index is 14.1. The third-order valence-corrected chi connectivity index (χ3v) is 4.12. The quantitative estimate of drug-likeness (QED) is 0.538. The molecule has 0 N–H and O–H groups in total. The fourth-order valence-corrected chi connectivity index (χ4v) is 2.94. The third kappa shape index (κ3) is 3.46. The van der Waals surface area contributed by atoms with Gasteiger partial charge in [-0.05, 0) is 32.0 Å². The van der Waals surface area contributed by atoms with Gasteiger partial charge in [-0.2, -0.15) is 5.10 Å². The van der Waals surface area contributed by atoms with Crippen LogP contribution < -0.4 is 0 Å². The number of rotatable bonds is 4. The molecule has 4 aromatic rings. The van der Waals surface area contributed by atoms with Crippen molar-refractivity contribution >= 4 is 17.1 Å². The molecule has 4 rings (SSSR count). The summed E-state index contributed by atoms with van der Waals surface area (Å²) in [6.45, 7) is 4.34. The van der Waals surface area contributed by atoms with Gasteiger partial charge in [0.25, 0.3) is 0 Å². The first-order valence-corrected chi connectivity index (χ1v) is 8.64. The average Bonchev–Trinajstić information content (AvgIpc) is 3.03. The summed E-state index contributed by atoms with van der Waals surface area (Å²) in [5.41, 5.74) is 3.98. The molecular formula is C21H18FN5. The second kappa shape index (κ2) is 7.07. The standard InChI is InChI=1S/C21H18FN5/c1-14(2)10-15-11-24-20(25-12-15)19-17-7-5-9-23-21(17)27(26-19)13-16-6-3-4-8-18(16)22/h3-12H,13H2,1-2H3. The minimum Gasteiger partial charge on any atom is -0.242 e. The summed E-state index contributed by atoms with van der Waals surface area (Å²) >= 11 is 0. The molecule has 0 saturated carbocycles. The van der Waals surface area contributed by atoms with Crippen LogP contribution in [-0.2, 0) is 6.54 Å². The number of allylic oxidation sites excluding steroid dienone is 1. The fraction of sp³-hybridized carbons (Fsp3) is 0.143. The van der Waals surface area contributed by atoms with Gasteiger partial charge >= 0.3 is 0 Å². The van der Waals surface area contributed by atoms with Gasteiger partial charge in [0, 0.05) is 29.7 Å². The molecule has 0 aliphatic carbocycles. The smallest absolute Gasteiger partial charge is 0.180 e. The van der Waals surface area contributed by atoms with Crippen molar-refractivity contribution < 1.29 is 4.39 Å². The molecule has 0 aliphatic heterocycles. The van der Waals surface area contributed by atoms with Gasteiger partial charge in [0.05, 0.1) is 11.9 Å². The van der Waals surface area contributed by atoms with Crippen LogP contribution in [-0.4, -0.2) is 24.7 Å². The Hall–Kier alpha value is -3.41. The van der Waals surface area contributed by atoms with E-state index in [1.54, 1.807) is 35.4 Å². The Morgan fingerprint density at radius 3 is 2.56 bits per heavy atom. The van der Waals surface area contributed by atoms with Crippen LogP contribution in [0.3, 0.4) is 0 Å². The summed E-state index contributed by atoms with van der Waals surface area (Å²) in [6.07, 6.45) is 7.26. The van der Waals surface area contributed by atoms with Crippen LogP contribution in [0.15, 0.2) is 60.6 Å². The van der Waals surface area contributed by atoms with Crippen LogP contribution in [0.4, 0.5) is 4.39 Å². The molecule has 3 aromatic heterocycles. The van der Waals surface area contributed by atoms with Gasteiger partial charge in [0.1, 0.15) is 11.5 Å². The van der Waals surface area contributed by atoms with Gasteiger partial charge < -0.3 is 0 Å². The van der Waals surface area contributed by atoms with Crippen LogP contribution >= 0.6 is 0 Å². The van der Waals surface area contributed by atoms with Crippen molar-refractivity contribution in [3.63, 3.8) is 0 Å². The highest BCUT2D eigenvalue weighted by Gasteiger charge is 2.16. The van der Waals surface area contributed by atoms with Crippen LogP contribution in [0.2, 0.25) is 0 Å². The zero-order valence-corrected chi connectivity index (χ0v) is 15.1. The lowest BCUT2D eigenvalue weighted by Gasteiger charge is -2.04. The van der Waals surface area contributed by atoms with E-state index >= 15 is 0 Å². The Labute approximate surface area is 156 Å². The number of aromatic nitrogens is 5. The van der Waals surface area contributed by atoms with Gasteiger partial charge in [-0.1, -0.05) is 29.8 Å². The Bertz CT molecular complexity index is 1120. The van der Waals surface area contributed by atoms with Gasteiger partial charge in [-0.25, -0.2) is 24.0 Å². The molecule has 3 heterocycles. The van der Waals surface area contributed by atoms with Gasteiger partial charge in [-0.15, -0.1) is 0 Å². The Balaban J connectivity index is 1.78. The molecule has 0 amide bonds. The fourth-order valence-electron chi connectivity index (χ4n) is 2.94. The Morgan fingerprint density at radius 2 is 1.81 bits per heavy atom. The summed E-state index contributed by atoms with van der Waals surface area (Å²) in [5, 5.41) is 5.47. The van der Waals surface area contributed by atoms with E-state index in [9.17, 15) is 4.39 Å². The second-order valence-corrected chi connectivity index (χ2v) is 6.53. The summed E-state index contributed by atoms with van der Waals surface area (Å²) in [6, 6.07) is 10.4. The summed E-state index contributed by atoms with van der Waals surface area (Å²) in [7, 11) is 0. The molecule has 0 fully saturated rings. The monoisotopic (exact) mass is 359 g/mol. The maximum atomic E-state index is 14.1. The highest BCUT2D eigenvalue weighted by molar-refractivity contribution is 5.89. The third-order valence-electron chi connectivity index (χ3n) is 4.12. The zero-order valence-electron chi connectivity index (χ0n) is 15.1. The molecule has 134 valence electrons. The van der Waals surface area contributed by atoms with E-state index in [0.717, 1.165) is 10.9 Å². The van der Waals surface area contributed by atoms with Crippen molar-refractivity contribution in [3.8, 4) is 11.5 Å². The lowest BCUT2D eigenvalue weighted by atomic mass is 10.2. The zero-order chi connectivity index (χ0) is 18.8. The first kappa shape index (κ1) is 17.0. The SMILES string of the molecule is CC(C)=Cc1cnc(-c2nn(Cc3ccccc3F)c3ncccc23)nc1. The highest BCUT2D eigenvalue weighted by atomic mass is 19.1. The summed E-state index contributed by atoms with van der Waals surface area (Å²) in [4.78, 5) is 13.3. The first-order valence-electron chi connectivity index (χ1n) is 8.64. The number of benzene rings is 1. The molecule has 0 atom stereocenters. The maximum Gasteiger partial charge on any atom is 0.180 e. The number of halogens is 1. The van der Waals surface area contributed by atoms with Crippen molar-refractivity contribution in [3.05, 3.63) is 77.5 Å². The minimum atomic E-state index is -0.263. The average molecular weight is 359 g/mol. The Morgan fingerprint density at radius 1 is 1.04 bits per heavy atom. The van der Waals surface area contributed by atoms with Crippen LogP contribution in [0.1, 0.15) is 25.0 Å². The summed E-state index contributed by atoms with van der Waals surface area (Å²) in [5.74, 6) is 0.257. The minimum absolute atomic E-state index is 0.263. The Kier molecular flexibility index (Phi) is 4.46. The molecule has 5 nitrogen and oxygen atoms in total. The van der Waals surface area contributed by atoms with Crippen LogP contribution in [0, 0.1) is 5.82 Å². The van der Waals surface area contributed by atoms with E-state index in [4.69, 9.17) is 0 Å². The normalized spacial score (nSPS) is 10.9. The first-order chi connectivity index (χ1) is 13.1. The van der Waals surface area contributed by atoms with Crippen molar-refractivity contribution in [1.29, 1.82) is 0 Å². The molecular weight excluding hydrogens is 341 g/mol. The van der Waals surface area contributed by atoms with E-state index < -0.39 is 0 Å². The molecule has 1 aromatic carbocycles. The molecule has 0 saturated heterocycles. The van der Waals surface area contributed by atoms with E-state index in [-0.39, 0.29) is 12.4 Å². The lowest BCUT2D eigenvalue weighted by Crippen LogP contribution is -2.04. The van der Waals surface area contributed by atoms with Gasteiger partial charge in [-0.3, -0.25) is 0 Å². The molecule has 0 radical (unpaired) electrons. The topological polar surface area (TPSA) is 56.5 Å². The van der Waals surface area contributed by atoms with E-state index in [0.29, 0.717) is 22.7 Å². The van der Waals surface area contributed by atoms with Crippen molar-refractivity contribution in [2.75, 3.05) is 0 Å². The molecule has 0 bridgehead atoms. The van der Waals surface area contributed by atoms with Gasteiger partial charge in [0.15, 0.2) is 11.5 Å². The number of hydrogen-bond acceptors (Lipinski definition) is 4. The predicted octanol–water partition coefficient (Wildman–Crippen LogP) is 4.50. The summed E-state index contributed by atoms with van der Waals surface area (Å²) < 4.78 is 15.8. The predicted molar refractivity (Wildman–Crippen MR) is 103 cm³/mol. The van der Waals surface area contributed by atoms with E-state index in [1.165, 1.54) is 11.6 Å². The number of hydrogen-bond donors (Lipinski definition) is 0.